The van der Waals surface area contributed by atoms with Crippen LogP contribution >= 0.6 is 0 Å². The second kappa shape index (κ2) is 11.0. The zero-order valence-electron chi connectivity index (χ0n) is 21.8. The molecule has 2 amide bonds. The van der Waals surface area contributed by atoms with E-state index in [4.69, 9.17) is 14.8 Å². The Morgan fingerprint density at radius 2 is 1.69 bits per heavy atom. The third-order valence-electron chi connectivity index (χ3n) is 7.12. The molecule has 200 valence electrons. The van der Waals surface area contributed by atoms with Crippen molar-refractivity contribution in [1.82, 2.24) is 20.2 Å². The van der Waals surface area contributed by atoms with E-state index in [0.29, 0.717) is 23.1 Å². The molecule has 5 rings (SSSR count). The van der Waals surface area contributed by atoms with Crippen LogP contribution in [0.25, 0.3) is 22.0 Å². The number of carbonyl (C=O) groups excluding carboxylic acids is 1. The van der Waals surface area contributed by atoms with Gasteiger partial charge >= 0.3 is 12.2 Å². The van der Waals surface area contributed by atoms with Crippen molar-refractivity contribution in [2.24, 2.45) is 0 Å². The normalized spacial score (nSPS) is 13.0. The molecule has 1 aliphatic carbocycles. The highest BCUT2D eigenvalue weighted by Crippen LogP contribution is 2.44. The summed E-state index contributed by atoms with van der Waals surface area (Å²) in [6.07, 6.45) is -1.35. The molecule has 9 nitrogen and oxygen atoms in total. The first-order valence-corrected chi connectivity index (χ1v) is 12.9. The van der Waals surface area contributed by atoms with Gasteiger partial charge in [-0.1, -0.05) is 60.7 Å². The fourth-order valence-corrected chi connectivity index (χ4v) is 5.31. The number of benzene rings is 3. The van der Waals surface area contributed by atoms with Gasteiger partial charge in [0.2, 0.25) is 0 Å². The zero-order valence-corrected chi connectivity index (χ0v) is 21.8. The quantitative estimate of drug-likeness (QED) is 0.279. The Labute approximate surface area is 225 Å². The summed E-state index contributed by atoms with van der Waals surface area (Å²) in [5, 5.41) is 14.5. The van der Waals surface area contributed by atoms with Gasteiger partial charge in [-0.25, -0.2) is 14.6 Å². The van der Waals surface area contributed by atoms with Gasteiger partial charge in [-0.3, -0.25) is 9.36 Å². The fourth-order valence-electron chi connectivity index (χ4n) is 5.31. The second-order valence-corrected chi connectivity index (χ2v) is 9.67. The third kappa shape index (κ3) is 5.20. The first-order valence-electron chi connectivity index (χ1n) is 12.9. The second-order valence-electron chi connectivity index (χ2n) is 9.67. The molecule has 1 atom stereocenters. The number of nitrogens with one attached hydrogen (secondary N) is 2. The molecule has 0 aliphatic heterocycles. The van der Waals surface area contributed by atoms with E-state index >= 15 is 0 Å². The largest absolute Gasteiger partial charge is 0.465 e. The molecule has 0 saturated heterocycles. The van der Waals surface area contributed by atoms with Crippen LogP contribution in [-0.4, -0.2) is 40.0 Å². The molecule has 1 heterocycles. The minimum atomic E-state index is -1.12. The monoisotopic (exact) mass is 526 g/mol. The van der Waals surface area contributed by atoms with Crippen LogP contribution in [0.2, 0.25) is 0 Å². The summed E-state index contributed by atoms with van der Waals surface area (Å²) in [4.78, 5) is 41.9. The Kier molecular flexibility index (Phi) is 7.31. The summed E-state index contributed by atoms with van der Waals surface area (Å²) in [5.41, 5.74) is 5.64. The number of alkyl carbamates (subject to hydrolysis) is 1. The van der Waals surface area contributed by atoms with Crippen molar-refractivity contribution in [2.75, 3.05) is 13.2 Å². The highest BCUT2D eigenvalue weighted by Gasteiger charge is 2.29. The molecule has 0 bridgehead atoms. The number of carbonyl (C=O) groups is 2. The van der Waals surface area contributed by atoms with Crippen LogP contribution in [0, 0.1) is 6.92 Å². The Morgan fingerprint density at radius 3 is 2.36 bits per heavy atom. The fraction of sp³-hybridized carbons (Fsp3) is 0.267. The topological polar surface area (TPSA) is 123 Å². The lowest BCUT2D eigenvalue weighted by atomic mass is 9.98. The highest BCUT2D eigenvalue weighted by molar-refractivity contribution is 5.81. The Morgan fingerprint density at radius 1 is 1.03 bits per heavy atom. The molecular formula is C30H30N4O5. The SMILES string of the molecule is Cc1cccc2nc([C@H](C)NC(=O)OCC3c4ccccc4-c4ccccc43)n(CCCNC(=O)O)c(=O)c12. The van der Waals surface area contributed by atoms with Crippen LogP contribution in [0.4, 0.5) is 9.59 Å². The Hall–Kier alpha value is -4.66. The molecule has 3 N–H and O–H groups in total. The van der Waals surface area contributed by atoms with Crippen molar-refractivity contribution in [1.29, 1.82) is 0 Å². The van der Waals surface area contributed by atoms with Crippen LogP contribution in [0.3, 0.4) is 0 Å². The molecule has 3 aromatic carbocycles. The summed E-state index contributed by atoms with van der Waals surface area (Å²) in [6, 6.07) is 21.1. The van der Waals surface area contributed by atoms with Crippen molar-refractivity contribution in [3.05, 3.63) is 99.6 Å². The molecule has 0 radical (unpaired) electrons. The van der Waals surface area contributed by atoms with Crippen molar-refractivity contribution < 1.29 is 19.4 Å². The van der Waals surface area contributed by atoms with Gasteiger partial charge in [0, 0.05) is 19.0 Å². The zero-order chi connectivity index (χ0) is 27.5. The van der Waals surface area contributed by atoms with Crippen LogP contribution < -0.4 is 16.2 Å². The summed E-state index contributed by atoms with van der Waals surface area (Å²) >= 11 is 0. The molecule has 0 unspecified atom stereocenters. The van der Waals surface area contributed by atoms with E-state index in [2.05, 4.69) is 34.9 Å². The predicted octanol–water partition coefficient (Wildman–Crippen LogP) is 4.96. The van der Waals surface area contributed by atoms with Gasteiger partial charge in [-0.2, -0.15) is 0 Å². The molecule has 9 heteroatoms. The Balaban J connectivity index is 1.34. The van der Waals surface area contributed by atoms with Gasteiger partial charge in [0.05, 0.1) is 16.9 Å². The molecule has 0 saturated carbocycles. The van der Waals surface area contributed by atoms with Gasteiger partial charge < -0.3 is 20.5 Å². The minimum absolute atomic E-state index is 0.0693. The lowest BCUT2D eigenvalue weighted by molar-refractivity contribution is 0.139. The molecule has 4 aromatic rings. The van der Waals surface area contributed by atoms with E-state index in [9.17, 15) is 14.4 Å². The van der Waals surface area contributed by atoms with E-state index in [1.54, 1.807) is 13.0 Å². The molecule has 0 spiro atoms. The summed E-state index contributed by atoms with van der Waals surface area (Å²) in [6.45, 7) is 4.19. The first-order chi connectivity index (χ1) is 18.8. The summed E-state index contributed by atoms with van der Waals surface area (Å²) < 4.78 is 7.20. The van der Waals surface area contributed by atoms with Gasteiger partial charge in [0.15, 0.2) is 0 Å². The van der Waals surface area contributed by atoms with Crippen molar-refractivity contribution >= 4 is 23.1 Å². The van der Waals surface area contributed by atoms with E-state index in [0.717, 1.165) is 27.8 Å². The van der Waals surface area contributed by atoms with Crippen molar-refractivity contribution in [3.63, 3.8) is 0 Å². The predicted molar refractivity (Wildman–Crippen MR) is 148 cm³/mol. The van der Waals surface area contributed by atoms with Crippen LogP contribution in [0.5, 0.6) is 0 Å². The van der Waals surface area contributed by atoms with E-state index in [-0.39, 0.29) is 31.2 Å². The van der Waals surface area contributed by atoms with E-state index in [1.165, 1.54) is 4.57 Å². The van der Waals surface area contributed by atoms with Crippen LogP contribution in [0.15, 0.2) is 71.5 Å². The average Bonchev–Trinajstić information content (AvgIpc) is 3.24. The molecule has 1 aromatic heterocycles. The smallest absolute Gasteiger partial charge is 0.407 e. The van der Waals surface area contributed by atoms with Gasteiger partial charge in [-0.15, -0.1) is 0 Å². The number of nitrogens with zero attached hydrogens (tertiary/aromatic N) is 2. The lowest BCUT2D eigenvalue weighted by Crippen LogP contribution is -2.35. The average molecular weight is 527 g/mol. The maximum Gasteiger partial charge on any atom is 0.407 e. The van der Waals surface area contributed by atoms with Crippen LogP contribution in [-0.2, 0) is 11.3 Å². The number of fused-ring (bicyclic) bond motifs is 4. The number of rotatable bonds is 8. The van der Waals surface area contributed by atoms with Crippen LogP contribution in [0.1, 0.15) is 47.8 Å². The van der Waals surface area contributed by atoms with Gasteiger partial charge in [-0.05, 0) is 54.2 Å². The number of carboxylic acid groups (broad SMARTS) is 1. The number of ether oxygens (including phenoxy) is 1. The standard InChI is InChI=1S/C30H30N4O5/c1-18-9-7-14-25-26(18)28(35)34(16-8-15-31-29(36)37)27(33-25)19(2)32-30(38)39-17-24-22-12-5-3-10-20(22)21-11-4-6-13-23(21)24/h3-7,9-14,19,24,31H,8,15-17H2,1-2H3,(H,32,38)(H,36,37)/t19-/m0/s1. The maximum absolute atomic E-state index is 13.5. The summed E-state index contributed by atoms with van der Waals surface area (Å²) in [7, 11) is 0. The number of hydrogen-bond donors (Lipinski definition) is 3. The van der Waals surface area contributed by atoms with Crippen molar-refractivity contribution in [3.8, 4) is 11.1 Å². The number of amides is 2. The number of aryl methyl sites for hydroxylation is 1. The third-order valence-corrected chi connectivity index (χ3v) is 7.12. The Bertz CT molecular complexity index is 1570. The number of aromatic nitrogens is 2. The molecule has 1 aliphatic rings. The van der Waals surface area contributed by atoms with E-state index in [1.807, 2.05) is 43.3 Å². The lowest BCUT2D eigenvalue weighted by Gasteiger charge is -2.21. The first kappa shape index (κ1) is 26.0. The minimum Gasteiger partial charge on any atom is -0.465 e. The maximum atomic E-state index is 13.5. The van der Waals surface area contributed by atoms with Gasteiger partial charge in [0.1, 0.15) is 12.4 Å². The number of hydrogen-bond acceptors (Lipinski definition) is 5. The molecular weight excluding hydrogens is 496 g/mol. The summed E-state index contributed by atoms with van der Waals surface area (Å²) in [5.74, 6) is 0.307. The molecule has 0 fully saturated rings. The van der Waals surface area contributed by atoms with Crippen molar-refractivity contribution in [2.45, 2.75) is 38.8 Å². The molecule has 39 heavy (non-hydrogen) atoms. The highest BCUT2D eigenvalue weighted by atomic mass is 16.5. The van der Waals surface area contributed by atoms with Gasteiger partial charge in [0.25, 0.3) is 5.56 Å². The van der Waals surface area contributed by atoms with E-state index < -0.39 is 18.2 Å².